The quantitative estimate of drug-likeness (QED) is 0.172. The zero-order chi connectivity index (χ0) is 31.6. The van der Waals surface area contributed by atoms with Crippen LogP contribution in [0.3, 0.4) is 0 Å². The van der Waals surface area contributed by atoms with E-state index >= 15 is 0 Å². The summed E-state index contributed by atoms with van der Waals surface area (Å²) in [6.07, 6.45) is 7.80. The summed E-state index contributed by atoms with van der Waals surface area (Å²) in [7, 11) is 1.34. The first-order chi connectivity index (χ1) is 21.2. The highest BCUT2D eigenvalue weighted by Gasteiger charge is 2.40. The molecule has 2 heterocycles. The van der Waals surface area contributed by atoms with Crippen LogP contribution in [0.5, 0.6) is 5.75 Å². The molecule has 0 bridgehead atoms. The number of carbonyl (C=O) groups excluding carboxylic acids is 4. The van der Waals surface area contributed by atoms with E-state index in [0.29, 0.717) is 48.0 Å². The van der Waals surface area contributed by atoms with Gasteiger partial charge in [0.25, 0.3) is 0 Å². The molecule has 0 radical (unpaired) electrons. The lowest BCUT2D eigenvalue weighted by molar-refractivity contribution is -0.140. The van der Waals surface area contributed by atoms with Gasteiger partial charge in [0.1, 0.15) is 34.8 Å². The lowest BCUT2D eigenvalue weighted by atomic mass is 9.83. The van der Waals surface area contributed by atoms with Crippen LogP contribution in [0.1, 0.15) is 98.2 Å². The topological polar surface area (TPSA) is 146 Å². The van der Waals surface area contributed by atoms with Crippen LogP contribution in [-0.4, -0.2) is 82.2 Å². The molecule has 2 fully saturated rings. The fraction of sp³-hybridized carbons (Fsp3) is 0.562. The molecule has 4 rings (SSSR count). The lowest BCUT2D eigenvalue weighted by Gasteiger charge is -2.35. The van der Waals surface area contributed by atoms with Gasteiger partial charge in [-0.05, 0) is 63.5 Å². The molecule has 2 N–H and O–H groups in total. The summed E-state index contributed by atoms with van der Waals surface area (Å²) >= 11 is 1.35. The van der Waals surface area contributed by atoms with Gasteiger partial charge in [-0.1, -0.05) is 31.4 Å². The molecular weight excluding hydrogens is 584 g/mol. The fourth-order valence-electron chi connectivity index (χ4n) is 5.87. The van der Waals surface area contributed by atoms with Gasteiger partial charge in [0.2, 0.25) is 17.6 Å². The van der Waals surface area contributed by atoms with Crippen molar-refractivity contribution in [2.24, 2.45) is 5.92 Å². The number of amides is 3. The van der Waals surface area contributed by atoms with Crippen LogP contribution < -0.4 is 10.1 Å². The predicted molar refractivity (Wildman–Crippen MR) is 165 cm³/mol. The van der Waals surface area contributed by atoms with E-state index in [1.807, 2.05) is 0 Å². The summed E-state index contributed by atoms with van der Waals surface area (Å²) in [5.74, 6) is -0.372. The highest BCUT2D eigenvalue weighted by molar-refractivity contribution is 7.10. The first-order valence-corrected chi connectivity index (χ1v) is 16.3. The number of benzene rings is 1. The minimum absolute atomic E-state index is 0.0308. The van der Waals surface area contributed by atoms with Gasteiger partial charge in [-0.15, -0.1) is 11.3 Å². The van der Waals surface area contributed by atoms with Crippen LogP contribution in [0.2, 0.25) is 0 Å². The number of rotatable bonds is 14. The number of nitrogens with zero attached hydrogens (tertiary/aromatic N) is 3. The summed E-state index contributed by atoms with van der Waals surface area (Å²) in [6.45, 7) is 2.48. The number of carboxylic acid groups (broad SMARTS) is 1. The molecule has 1 saturated carbocycles. The number of aromatic nitrogens is 1. The van der Waals surface area contributed by atoms with Crippen LogP contribution in [-0.2, 0) is 14.4 Å². The van der Waals surface area contributed by atoms with Gasteiger partial charge >= 0.3 is 6.09 Å². The van der Waals surface area contributed by atoms with E-state index in [1.165, 1.54) is 25.3 Å². The zero-order valence-electron chi connectivity index (χ0n) is 25.4. The molecule has 2 unspecified atom stereocenters. The van der Waals surface area contributed by atoms with Gasteiger partial charge in [-0.3, -0.25) is 19.3 Å². The largest absolute Gasteiger partial charge is 0.494 e. The van der Waals surface area contributed by atoms with Gasteiger partial charge in [0.05, 0.1) is 12.6 Å². The third-order valence-corrected chi connectivity index (χ3v) is 9.55. The van der Waals surface area contributed by atoms with E-state index < -0.39 is 24.1 Å². The SMILES string of the molecule is CC(C(=O)N[C@H](C(=O)N1CCCC1c1nc(C(=O)c2cccc(OCCCCC=O)c2)cs1)C1CCCCC1)N(C)C(=O)O. The molecule has 3 amide bonds. The Hall–Kier alpha value is -3.80. The minimum Gasteiger partial charge on any atom is -0.494 e. The lowest BCUT2D eigenvalue weighted by Crippen LogP contribution is -2.56. The van der Waals surface area contributed by atoms with Crippen molar-refractivity contribution >= 4 is 41.3 Å². The zero-order valence-corrected chi connectivity index (χ0v) is 26.2. The van der Waals surface area contributed by atoms with Gasteiger partial charge in [-0.2, -0.15) is 0 Å². The van der Waals surface area contributed by atoms with E-state index in [-0.39, 0.29) is 23.7 Å². The van der Waals surface area contributed by atoms with E-state index in [4.69, 9.17) is 4.74 Å². The Morgan fingerprint density at radius 3 is 2.66 bits per heavy atom. The highest BCUT2D eigenvalue weighted by Crippen LogP contribution is 2.36. The van der Waals surface area contributed by atoms with Gasteiger partial charge in [0, 0.05) is 31.0 Å². The molecule has 3 atom stereocenters. The maximum absolute atomic E-state index is 14.1. The number of thiazole rings is 1. The molecule has 44 heavy (non-hydrogen) atoms. The predicted octanol–water partition coefficient (Wildman–Crippen LogP) is 4.85. The van der Waals surface area contributed by atoms with Crippen LogP contribution in [0.15, 0.2) is 29.6 Å². The summed E-state index contributed by atoms with van der Waals surface area (Å²) in [6, 6.07) is 4.94. The van der Waals surface area contributed by atoms with Crippen LogP contribution in [0.25, 0.3) is 0 Å². The summed E-state index contributed by atoms with van der Waals surface area (Å²) in [4.78, 5) is 69.8. The van der Waals surface area contributed by atoms with Crippen molar-refractivity contribution < 1.29 is 33.8 Å². The molecule has 1 aromatic carbocycles. The fourth-order valence-corrected chi connectivity index (χ4v) is 6.82. The second-order valence-corrected chi connectivity index (χ2v) is 12.5. The number of nitrogens with one attached hydrogen (secondary N) is 1. The number of unbranched alkanes of at least 4 members (excludes halogenated alkanes) is 2. The number of ether oxygens (including phenoxy) is 1. The number of carbonyl (C=O) groups is 5. The molecule has 2 aromatic rings. The standard InChI is InChI=1S/C32H42N4O7S/c1-21(35(2)32(41)42)29(39)34-27(22-11-5-3-6-12-22)31(40)36-16-10-15-26(36)30-33-25(20-44-30)28(38)23-13-9-14-24(19-23)43-18-8-4-7-17-37/h9,13-14,17,19-22,26-27H,3-8,10-12,15-16,18H2,1-2H3,(H,34,39)(H,41,42)/t21?,26?,27-/m0/s1. The Kier molecular flexibility index (Phi) is 11.9. The summed E-state index contributed by atoms with van der Waals surface area (Å²) < 4.78 is 5.75. The third kappa shape index (κ3) is 8.22. The third-order valence-electron chi connectivity index (χ3n) is 8.60. The van der Waals surface area contributed by atoms with Crippen molar-refractivity contribution in [3.8, 4) is 5.75 Å². The van der Waals surface area contributed by atoms with E-state index in [9.17, 15) is 29.1 Å². The second kappa shape index (κ2) is 15.8. The number of hydrogen-bond acceptors (Lipinski definition) is 8. The second-order valence-electron chi connectivity index (χ2n) is 11.6. The van der Waals surface area contributed by atoms with Crippen molar-refractivity contribution in [2.45, 2.75) is 89.3 Å². The molecule has 0 spiro atoms. The molecule has 11 nitrogen and oxygen atoms in total. The molecule has 1 aliphatic carbocycles. The first kappa shape index (κ1) is 33.1. The number of hydrogen-bond donors (Lipinski definition) is 2. The molecule has 2 aliphatic rings. The van der Waals surface area contributed by atoms with Crippen molar-refractivity contribution in [2.75, 3.05) is 20.2 Å². The van der Waals surface area contributed by atoms with Gasteiger partial charge in [-0.25, -0.2) is 9.78 Å². The number of likely N-dealkylation sites (tertiary alicyclic amines) is 1. The Morgan fingerprint density at radius 1 is 1.16 bits per heavy atom. The Labute approximate surface area is 262 Å². The maximum atomic E-state index is 14.1. The van der Waals surface area contributed by atoms with E-state index in [0.717, 1.165) is 62.6 Å². The number of ketones is 1. The Balaban J connectivity index is 1.47. The van der Waals surface area contributed by atoms with Crippen molar-refractivity contribution in [3.63, 3.8) is 0 Å². The van der Waals surface area contributed by atoms with Crippen molar-refractivity contribution in [3.05, 3.63) is 45.9 Å². The van der Waals surface area contributed by atoms with Crippen molar-refractivity contribution in [1.82, 2.24) is 20.1 Å². The molecule has 238 valence electrons. The van der Waals surface area contributed by atoms with Crippen LogP contribution in [0, 0.1) is 5.92 Å². The maximum Gasteiger partial charge on any atom is 0.407 e. The first-order valence-electron chi connectivity index (χ1n) is 15.4. The summed E-state index contributed by atoms with van der Waals surface area (Å²) in [5, 5.41) is 14.6. The summed E-state index contributed by atoms with van der Waals surface area (Å²) in [5.41, 5.74) is 0.752. The van der Waals surface area contributed by atoms with Gasteiger partial charge in [0.15, 0.2) is 0 Å². The molecule has 1 saturated heterocycles. The average Bonchev–Trinajstić information content (AvgIpc) is 3.73. The van der Waals surface area contributed by atoms with Crippen LogP contribution in [0.4, 0.5) is 4.79 Å². The van der Waals surface area contributed by atoms with E-state index in [2.05, 4.69) is 10.3 Å². The van der Waals surface area contributed by atoms with Gasteiger partial charge < -0.3 is 24.9 Å². The number of aldehydes is 1. The molecule has 12 heteroatoms. The molecule has 1 aliphatic heterocycles. The van der Waals surface area contributed by atoms with E-state index in [1.54, 1.807) is 34.5 Å². The Morgan fingerprint density at radius 2 is 1.93 bits per heavy atom. The average molecular weight is 627 g/mol. The molecule has 1 aromatic heterocycles. The number of likely N-dealkylation sites (N-methyl/N-ethyl adjacent to an activating group) is 1. The normalized spacial score (nSPS) is 18.3. The smallest absolute Gasteiger partial charge is 0.407 e. The minimum atomic E-state index is -1.22. The van der Waals surface area contributed by atoms with Crippen molar-refractivity contribution in [1.29, 1.82) is 0 Å². The monoisotopic (exact) mass is 626 g/mol. The molecular formula is C32H42N4O7S. The van der Waals surface area contributed by atoms with Crippen LogP contribution >= 0.6 is 11.3 Å². The Bertz CT molecular complexity index is 1330. The highest BCUT2D eigenvalue weighted by atomic mass is 32.1.